The molecule has 0 bridgehead atoms. The molecule has 0 amide bonds. The molecule has 0 saturated heterocycles. The van der Waals surface area contributed by atoms with Crippen LogP contribution < -0.4 is 0 Å². The Morgan fingerprint density at radius 3 is 2.25 bits per heavy atom. The lowest BCUT2D eigenvalue weighted by molar-refractivity contribution is -0.140. The molecule has 128 valence electrons. The Bertz CT molecular complexity index is 741. The number of carbonyl (C=O) groups is 1. The number of allylic oxidation sites excluding steroid dienone is 1. The Labute approximate surface area is 132 Å². The summed E-state index contributed by atoms with van der Waals surface area (Å²) in [5.74, 6) is -0.738. The first-order valence-corrected chi connectivity index (χ1v) is 6.54. The molecule has 0 atom stereocenters. The standard InChI is InChI=1S/C15H10F6N2O/c16-14(17,18)9-23-8-7-22-13(23)6-5-12(24)10-1-3-11(4-2-10)15(19,20)21/h1-8H,9H2/b6-5-. The molecule has 1 aromatic carbocycles. The summed E-state index contributed by atoms with van der Waals surface area (Å²) in [6.45, 7) is -1.26. The second kappa shape index (κ2) is 6.50. The smallest absolute Gasteiger partial charge is 0.322 e. The van der Waals surface area contributed by atoms with E-state index in [0.717, 1.165) is 53.4 Å². The van der Waals surface area contributed by atoms with Gasteiger partial charge in [-0.1, -0.05) is 12.1 Å². The number of aromatic nitrogens is 2. The van der Waals surface area contributed by atoms with Gasteiger partial charge in [0.05, 0.1) is 5.56 Å². The highest BCUT2D eigenvalue weighted by molar-refractivity contribution is 6.06. The number of alkyl halides is 6. The molecule has 0 unspecified atom stereocenters. The minimum atomic E-state index is -4.51. The lowest BCUT2D eigenvalue weighted by atomic mass is 10.1. The van der Waals surface area contributed by atoms with Crippen molar-refractivity contribution in [3.63, 3.8) is 0 Å². The van der Waals surface area contributed by atoms with Crippen LogP contribution in [0.2, 0.25) is 0 Å². The zero-order valence-electron chi connectivity index (χ0n) is 11.9. The minimum Gasteiger partial charge on any atom is -0.322 e. The van der Waals surface area contributed by atoms with Gasteiger partial charge in [0.15, 0.2) is 5.78 Å². The minimum absolute atomic E-state index is 0.0202. The summed E-state index contributed by atoms with van der Waals surface area (Å²) in [7, 11) is 0. The largest absolute Gasteiger partial charge is 0.416 e. The van der Waals surface area contributed by atoms with E-state index in [2.05, 4.69) is 4.98 Å². The monoisotopic (exact) mass is 348 g/mol. The molecule has 1 aromatic heterocycles. The number of nitrogens with zero attached hydrogens (tertiary/aromatic N) is 2. The van der Waals surface area contributed by atoms with Crippen LogP contribution in [0.1, 0.15) is 21.7 Å². The first-order chi connectivity index (χ1) is 11.1. The summed E-state index contributed by atoms with van der Waals surface area (Å²) in [6, 6.07) is 3.51. The maximum absolute atomic E-state index is 12.4. The highest BCUT2D eigenvalue weighted by Gasteiger charge is 2.30. The van der Waals surface area contributed by atoms with Crippen LogP contribution in [0.15, 0.2) is 42.7 Å². The quantitative estimate of drug-likeness (QED) is 0.467. The summed E-state index contributed by atoms with van der Waals surface area (Å²) in [5.41, 5.74) is -0.920. The van der Waals surface area contributed by atoms with E-state index in [1.807, 2.05) is 0 Å². The third-order valence-electron chi connectivity index (χ3n) is 2.98. The summed E-state index contributed by atoms with van der Waals surface area (Å²) >= 11 is 0. The topological polar surface area (TPSA) is 34.9 Å². The van der Waals surface area contributed by atoms with Crippen molar-refractivity contribution in [2.75, 3.05) is 0 Å². The van der Waals surface area contributed by atoms with E-state index in [1.54, 1.807) is 0 Å². The lowest BCUT2D eigenvalue weighted by Crippen LogP contribution is -2.18. The molecule has 0 N–H and O–H groups in total. The van der Waals surface area contributed by atoms with Gasteiger partial charge in [-0.3, -0.25) is 4.79 Å². The average Bonchev–Trinajstić information content (AvgIpc) is 2.89. The van der Waals surface area contributed by atoms with Gasteiger partial charge in [0.1, 0.15) is 12.4 Å². The van der Waals surface area contributed by atoms with Crippen molar-refractivity contribution in [3.8, 4) is 0 Å². The number of hydrogen-bond acceptors (Lipinski definition) is 2. The maximum atomic E-state index is 12.4. The van der Waals surface area contributed by atoms with Crippen LogP contribution in [0, 0.1) is 0 Å². The van der Waals surface area contributed by atoms with Crippen molar-refractivity contribution in [2.45, 2.75) is 18.9 Å². The Morgan fingerprint density at radius 2 is 1.71 bits per heavy atom. The predicted molar refractivity (Wildman–Crippen MR) is 73.1 cm³/mol. The van der Waals surface area contributed by atoms with Crippen molar-refractivity contribution in [1.82, 2.24) is 9.55 Å². The first kappa shape index (κ1) is 17.8. The molecule has 2 aromatic rings. The SMILES string of the molecule is O=C(/C=C\c1nccn1CC(F)(F)F)c1ccc(C(F)(F)F)cc1. The summed E-state index contributed by atoms with van der Waals surface area (Å²) in [5, 5.41) is 0. The fourth-order valence-electron chi connectivity index (χ4n) is 1.88. The van der Waals surface area contributed by atoms with E-state index >= 15 is 0 Å². The molecule has 0 radical (unpaired) electrons. The molecule has 0 saturated carbocycles. The summed E-state index contributed by atoms with van der Waals surface area (Å²) < 4.78 is 75.2. The van der Waals surface area contributed by atoms with Crippen LogP contribution in [0.3, 0.4) is 0 Å². The molecule has 0 spiro atoms. The fraction of sp³-hybridized carbons (Fsp3) is 0.200. The molecule has 0 aliphatic rings. The van der Waals surface area contributed by atoms with Gasteiger partial charge in [-0.2, -0.15) is 26.3 Å². The Hall–Kier alpha value is -2.58. The van der Waals surface area contributed by atoms with Crippen molar-refractivity contribution in [3.05, 3.63) is 59.7 Å². The van der Waals surface area contributed by atoms with Crippen molar-refractivity contribution in [2.24, 2.45) is 0 Å². The van der Waals surface area contributed by atoms with Gasteiger partial charge >= 0.3 is 12.4 Å². The molecule has 1 heterocycles. The van der Waals surface area contributed by atoms with Crippen molar-refractivity contribution < 1.29 is 31.1 Å². The Kier molecular flexibility index (Phi) is 4.81. The highest BCUT2D eigenvalue weighted by Crippen LogP contribution is 2.29. The molecule has 3 nitrogen and oxygen atoms in total. The van der Waals surface area contributed by atoms with Crippen LogP contribution in [0.25, 0.3) is 6.08 Å². The first-order valence-electron chi connectivity index (χ1n) is 6.54. The van der Waals surface area contributed by atoms with Crippen LogP contribution in [0.4, 0.5) is 26.3 Å². The lowest BCUT2D eigenvalue weighted by Gasteiger charge is -2.08. The van der Waals surface area contributed by atoms with Gasteiger partial charge in [0, 0.05) is 18.0 Å². The molecular weight excluding hydrogens is 338 g/mol. The van der Waals surface area contributed by atoms with E-state index in [1.165, 1.54) is 0 Å². The van der Waals surface area contributed by atoms with Crippen LogP contribution >= 0.6 is 0 Å². The zero-order chi connectivity index (χ0) is 18.0. The zero-order valence-corrected chi connectivity index (χ0v) is 11.9. The molecular formula is C15H10F6N2O. The Morgan fingerprint density at radius 1 is 1.08 bits per heavy atom. The molecule has 0 aliphatic carbocycles. The summed E-state index contributed by atoms with van der Waals surface area (Å²) in [6.07, 6.45) is -4.67. The van der Waals surface area contributed by atoms with Gasteiger partial charge < -0.3 is 4.57 Å². The highest BCUT2D eigenvalue weighted by atomic mass is 19.4. The number of carbonyl (C=O) groups excluding carboxylic acids is 1. The normalized spacial score (nSPS) is 12.8. The third kappa shape index (κ3) is 4.71. The average molecular weight is 348 g/mol. The van der Waals surface area contributed by atoms with Crippen LogP contribution in [-0.4, -0.2) is 21.5 Å². The molecule has 0 fully saturated rings. The maximum Gasteiger partial charge on any atom is 0.416 e. The van der Waals surface area contributed by atoms with Gasteiger partial charge in [-0.15, -0.1) is 0 Å². The van der Waals surface area contributed by atoms with E-state index in [9.17, 15) is 31.1 Å². The van der Waals surface area contributed by atoms with Crippen molar-refractivity contribution in [1.29, 1.82) is 0 Å². The fourth-order valence-corrected chi connectivity index (χ4v) is 1.88. The molecule has 0 aliphatic heterocycles. The van der Waals surface area contributed by atoms with E-state index in [-0.39, 0.29) is 11.4 Å². The third-order valence-corrected chi connectivity index (χ3v) is 2.98. The second-order valence-corrected chi connectivity index (χ2v) is 4.80. The van der Waals surface area contributed by atoms with Crippen LogP contribution in [-0.2, 0) is 12.7 Å². The predicted octanol–water partition coefficient (Wildman–Crippen LogP) is 4.36. The van der Waals surface area contributed by atoms with E-state index < -0.39 is 30.2 Å². The van der Waals surface area contributed by atoms with E-state index in [4.69, 9.17) is 0 Å². The van der Waals surface area contributed by atoms with Crippen molar-refractivity contribution >= 4 is 11.9 Å². The molecule has 24 heavy (non-hydrogen) atoms. The molecule has 9 heteroatoms. The van der Waals surface area contributed by atoms with Gasteiger partial charge in [-0.05, 0) is 24.3 Å². The van der Waals surface area contributed by atoms with Gasteiger partial charge in [-0.25, -0.2) is 4.98 Å². The Balaban J connectivity index is 2.13. The number of imidazole rings is 1. The number of rotatable bonds is 4. The second-order valence-electron chi connectivity index (χ2n) is 4.80. The number of benzene rings is 1. The summed E-state index contributed by atoms with van der Waals surface area (Å²) in [4.78, 5) is 15.6. The number of ketones is 1. The van der Waals surface area contributed by atoms with Gasteiger partial charge in [0.2, 0.25) is 0 Å². The molecule has 2 rings (SSSR count). The van der Waals surface area contributed by atoms with Gasteiger partial charge in [0.25, 0.3) is 0 Å². The van der Waals surface area contributed by atoms with Crippen LogP contribution in [0.5, 0.6) is 0 Å². The number of halogens is 6. The number of hydrogen-bond donors (Lipinski definition) is 0. The van der Waals surface area contributed by atoms with E-state index in [0.29, 0.717) is 0 Å².